The number of amides is 2. The number of para-hydroxylation sites is 1. The van der Waals surface area contributed by atoms with Crippen molar-refractivity contribution in [1.82, 2.24) is 45.5 Å². The number of fused-ring (bicyclic) bond motifs is 1. The third-order valence-corrected chi connectivity index (χ3v) is 6.87. The summed E-state index contributed by atoms with van der Waals surface area (Å²) in [6.45, 7) is 0.179. The van der Waals surface area contributed by atoms with Gasteiger partial charge in [0.25, 0.3) is 11.8 Å². The Balaban J connectivity index is 1.19. The first-order valence-corrected chi connectivity index (χ1v) is 12.4. The molecule has 39 heavy (non-hydrogen) atoms. The van der Waals surface area contributed by atoms with Crippen molar-refractivity contribution in [1.29, 1.82) is 0 Å². The van der Waals surface area contributed by atoms with E-state index in [1.165, 1.54) is 18.0 Å². The third kappa shape index (κ3) is 4.46. The van der Waals surface area contributed by atoms with Gasteiger partial charge >= 0.3 is 0 Å². The molecule has 2 N–H and O–H groups in total. The predicted molar refractivity (Wildman–Crippen MR) is 138 cm³/mol. The van der Waals surface area contributed by atoms with Gasteiger partial charge in [0.2, 0.25) is 17.5 Å². The molecule has 0 spiro atoms. The van der Waals surface area contributed by atoms with E-state index >= 15 is 0 Å². The second kappa shape index (κ2) is 9.51. The molecule has 0 radical (unpaired) electrons. The van der Waals surface area contributed by atoms with Crippen LogP contribution in [0.15, 0.2) is 53.2 Å². The number of pyridine rings is 1. The van der Waals surface area contributed by atoms with Crippen LogP contribution < -0.4 is 15.4 Å². The normalized spacial score (nSPS) is 13.8. The molecule has 0 atom stereocenters. The van der Waals surface area contributed by atoms with E-state index in [9.17, 15) is 9.59 Å². The summed E-state index contributed by atoms with van der Waals surface area (Å²) >= 11 is 6.75. The monoisotopic (exact) mass is 547 g/mol. The number of nitrogens with zero attached hydrogens (tertiary/aromatic N) is 7. The molecule has 1 aromatic carbocycles. The summed E-state index contributed by atoms with van der Waals surface area (Å²) in [5.74, 6) is -0.300. The van der Waals surface area contributed by atoms with Gasteiger partial charge < -0.3 is 24.5 Å². The zero-order chi connectivity index (χ0) is 27.1. The zero-order valence-electron chi connectivity index (χ0n) is 20.9. The first kappa shape index (κ1) is 24.6. The van der Waals surface area contributed by atoms with Crippen LogP contribution in [0, 0.1) is 0 Å². The van der Waals surface area contributed by atoms with Gasteiger partial charge in [-0.05, 0) is 41.4 Å². The van der Waals surface area contributed by atoms with Crippen LogP contribution in [-0.2, 0) is 18.4 Å². The fourth-order valence-electron chi connectivity index (χ4n) is 4.31. The predicted octanol–water partition coefficient (Wildman–Crippen LogP) is 2.44. The van der Waals surface area contributed by atoms with Gasteiger partial charge in [-0.3, -0.25) is 14.6 Å². The van der Waals surface area contributed by atoms with Crippen LogP contribution in [-0.4, -0.2) is 59.4 Å². The summed E-state index contributed by atoms with van der Waals surface area (Å²) in [7, 11) is 3.10. The molecule has 0 saturated heterocycles. The number of halogens is 1. The van der Waals surface area contributed by atoms with E-state index in [-0.39, 0.29) is 24.1 Å². The van der Waals surface area contributed by atoms with E-state index in [4.69, 9.17) is 20.9 Å². The second-order valence-corrected chi connectivity index (χ2v) is 9.46. The molecule has 0 bridgehead atoms. The number of rotatable bonds is 8. The lowest BCUT2D eigenvalue weighted by atomic mass is 10.2. The highest BCUT2D eigenvalue weighted by Gasteiger charge is 2.51. The SMILES string of the molecule is COc1cc(C(=O)NC2(C(=O)NCc3ccc(-n4c(-c5nnn(C)n5)c(Cl)c5ccccc54)cn3)CC2)on1. The van der Waals surface area contributed by atoms with Crippen molar-refractivity contribution in [2.45, 2.75) is 24.9 Å². The summed E-state index contributed by atoms with van der Waals surface area (Å²) in [6, 6.07) is 12.8. The molecular weight excluding hydrogens is 526 g/mol. The zero-order valence-corrected chi connectivity index (χ0v) is 21.6. The number of carbonyl (C=O) groups excluding carboxylic acids is 2. The summed E-state index contributed by atoms with van der Waals surface area (Å²) < 4.78 is 11.8. The highest BCUT2D eigenvalue weighted by Crippen LogP contribution is 2.38. The molecule has 6 rings (SSSR count). The van der Waals surface area contributed by atoms with Gasteiger partial charge in [-0.25, -0.2) is 0 Å². The maximum absolute atomic E-state index is 12.9. The molecule has 2 amide bonds. The number of hydrogen-bond donors (Lipinski definition) is 2. The lowest BCUT2D eigenvalue weighted by molar-refractivity contribution is -0.124. The molecular formula is C25H22ClN9O4. The molecule has 13 nitrogen and oxygen atoms in total. The van der Waals surface area contributed by atoms with Crippen LogP contribution in [0.3, 0.4) is 0 Å². The number of methoxy groups -OCH3 is 1. The van der Waals surface area contributed by atoms with E-state index in [1.54, 1.807) is 13.2 Å². The maximum atomic E-state index is 12.9. The van der Waals surface area contributed by atoms with Crippen LogP contribution in [0.1, 0.15) is 29.1 Å². The fraction of sp³-hybridized carbons (Fsp3) is 0.240. The van der Waals surface area contributed by atoms with E-state index in [2.05, 4.69) is 36.2 Å². The molecule has 0 unspecified atom stereocenters. The molecule has 1 aliphatic carbocycles. The van der Waals surface area contributed by atoms with Gasteiger partial charge in [-0.1, -0.05) is 29.8 Å². The van der Waals surface area contributed by atoms with Crippen LogP contribution >= 0.6 is 11.6 Å². The van der Waals surface area contributed by atoms with Crippen molar-refractivity contribution in [2.75, 3.05) is 7.11 Å². The first-order valence-electron chi connectivity index (χ1n) is 12.0. The largest absolute Gasteiger partial charge is 0.479 e. The average Bonchev–Trinajstić information content (AvgIpc) is 3.26. The number of ether oxygens (including phenoxy) is 1. The molecule has 4 heterocycles. The van der Waals surface area contributed by atoms with Crippen molar-refractivity contribution in [3.8, 4) is 23.1 Å². The topological polar surface area (TPSA) is 155 Å². The van der Waals surface area contributed by atoms with Crippen molar-refractivity contribution in [3.63, 3.8) is 0 Å². The number of nitrogens with one attached hydrogen (secondary N) is 2. The number of carbonyl (C=O) groups is 2. The van der Waals surface area contributed by atoms with Gasteiger partial charge in [0.05, 0.1) is 54.9 Å². The Bertz CT molecular complexity index is 1700. The maximum Gasteiger partial charge on any atom is 0.290 e. The second-order valence-electron chi connectivity index (χ2n) is 9.08. The number of benzene rings is 1. The molecule has 198 valence electrons. The van der Waals surface area contributed by atoms with Gasteiger partial charge in [-0.15, -0.1) is 10.2 Å². The minimum absolute atomic E-state index is 0.0307. The van der Waals surface area contributed by atoms with Crippen LogP contribution in [0.25, 0.3) is 28.1 Å². The van der Waals surface area contributed by atoms with Crippen LogP contribution in [0.5, 0.6) is 5.88 Å². The Hall–Kier alpha value is -4.78. The van der Waals surface area contributed by atoms with Crippen molar-refractivity contribution >= 4 is 34.3 Å². The smallest absolute Gasteiger partial charge is 0.290 e. The Labute approximate surface area is 226 Å². The summed E-state index contributed by atoms with van der Waals surface area (Å²) in [5, 5.41) is 23.0. The summed E-state index contributed by atoms with van der Waals surface area (Å²) in [5.41, 5.74) is 1.85. The average molecular weight is 548 g/mol. The van der Waals surface area contributed by atoms with Crippen molar-refractivity contribution in [3.05, 3.63) is 65.1 Å². The Kier molecular flexibility index (Phi) is 5.99. The lowest BCUT2D eigenvalue weighted by Gasteiger charge is -2.16. The highest BCUT2D eigenvalue weighted by atomic mass is 35.5. The third-order valence-electron chi connectivity index (χ3n) is 6.49. The lowest BCUT2D eigenvalue weighted by Crippen LogP contribution is -2.48. The molecule has 14 heteroatoms. The van der Waals surface area contributed by atoms with Crippen molar-refractivity contribution < 1.29 is 18.8 Å². The van der Waals surface area contributed by atoms with E-state index in [0.717, 1.165) is 16.6 Å². The molecule has 1 saturated carbocycles. The minimum Gasteiger partial charge on any atom is -0.479 e. The Morgan fingerprint density at radius 2 is 2.03 bits per heavy atom. The van der Waals surface area contributed by atoms with E-state index < -0.39 is 11.4 Å². The Morgan fingerprint density at radius 3 is 2.69 bits per heavy atom. The van der Waals surface area contributed by atoms with Gasteiger partial charge in [-0.2, -0.15) is 4.80 Å². The molecule has 5 aromatic rings. The summed E-state index contributed by atoms with van der Waals surface area (Å²) in [6.07, 6.45) is 2.72. The van der Waals surface area contributed by atoms with Crippen molar-refractivity contribution in [2.24, 2.45) is 7.05 Å². The van der Waals surface area contributed by atoms with E-state index in [1.807, 2.05) is 41.0 Å². The van der Waals surface area contributed by atoms with Crippen LogP contribution in [0.2, 0.25) is 5.02 Å². The molecule has 1 fully saturated rings. The number of aromatic nitrogens is 7. The van der Waals surface area contributed by atoms with Gasteiger partial charge in [0, 0.05) is 5.39 Å². The molecule has 4 aromatic heterocycles. The highest BCUT2D eigenvalue weighted by molar-refractivity contribution is 6.38. The standard InChI is InChI=1S/C25H22ClN9O4/c1-34-31-22(30-33-34)21-20(26)16-5-3-4-6-17(16)35(21)15-8-7-14(27-13-15)12-28-24(37)25(9-10-25)29-23(36)18-11-19(38-2)32-39-18/h3-8,11,13H,9-10,12H2,1-2H3,(H,28,37)(H,29,36). The number of hydrogen-bond acceptors (Lipinski definition) is 9. The minimum atomic E-state index is -0.990. The van der Waals surface area contributed by atoms with Gasteiger partial charge in [0.15, 0.2) is 0 Å². The number of tetrazole rings is 1. The van der Waals surface area contributed by atoms with E-state index in [0.29, 0.717) is 35.1 Å². The Morgan fingerprint density at radius 1 is 1.21 bits per heavy atom. The fourth-order valence-corrected chi connectivity index (χ4v) is 4.64. The number of aryl methyl sites for hydroxylation is 1. The summed E-state index contributed by atoms with van der Waals surface area (Å²) in [4.78, 5) is 31.3. The van der Waals surface area contributed by atoms with Crippen LogP contribution in [0.4, 0.5) is 0 Å². The van der Waals surface area contributed by atoms with Gasteiger partial charge in [0.1, 0.15) is 11.2 Å². The first-order chi connectivity index (χ1) is 18.9. The molecule has 1 aliphatic rings. The quantitative estimate of drug-likeness (QED) is 0.298. The molecule has 0 aliphatic heterocycles.